The summed E-state index contributed by atoms with van der Waals surface area (Å²) in [7, 11) is 0. The zero-order valence-electron chi connectivity index (χ0n) is 11.3. The lowest BCUT2D eigenvalue weighted by molar-refractivity contribution is -0.123. The van der Waals surface area contributed by atoms with Crippen molar-refractivity contribution in [2.75, 3.05) is 6.61 Å². The van der Waals surface area contributed by atoms with Gasteiger partial charge in [0, 0.05) is 19.1 Å². The van der Waals surface area contributed by atoms with Crippen LogP contribution < -0.4 is 5.32 Å². The molecule has 16 heavy (non-hydrogen) atoms. The predicted octanol–water partition coefficient (Wildman–Crippen LogP) is 2.19. The summed E-state index contributed by atoms with van der Waals surface area (Å²) < 4.78 is 0. The van der Waals surface area contributed by atoms with E-state index in [1.54, 1.807) is 0 Å². The molecular formula is C13H27NO2. The summed E-state index contributed by atoms with van der Waals surface area (Å²) in [5.41, 5.74) is 0. The number of hydrogen-bond acceptors (Lipinski definition) is 2. The highest BCUT2D eigenvalue weighted by Gasteiger charge is 2.18. The quantitative estimate of drug-likeness (QED) is 0.703. The Morgan fingerprint density at radius 3 is 2.19 bits per heavy atom. The Balaban J connectivity index is 4.07. The number of rotatable bonds is 7. The molecule has 2 N–H and O–H groups in total. The van der Waals surface area contributed by atoms with Crippen LogP contribution >= 0.6 is 0 Å². The van der Waals surface area contributed by atoms with Gasteiger partial charge in [-0.05, 0) is 24.7 Å². The molecule has 0 heterocycles. The van der Waals surface area contributed by atoms with Gasteiger partial charge in [-0.25, -0.2) is 0 Å². The van der Waals surface area contributed by atoms with E-state index in [1.165, 1.54) is 0 Å². The van der Waals surface area contributed by atoms with Crippen molar-refractivity contribution >= 4 is 5.91 Å². The zero-order valence-corrected chi connectivity index (χ0v) is 11.3. The first-order chi connectivity index (χ1) is 7.42. The molecule has 0 aromatic heterocycles. The minimum atomic E-state index is 0.0437. The fourth-order valence-corrected chi connectivity index (χ4v) is 1.70. The summed E-state index contributed by atoms with van der Waals surface area (Å²) in [5.74, 6) is 1.22. The third kappa shape index (κ3) is 5.50. The van der Waals surface area contributed by atoms with Gasteiger partial charge in [-0.3, -0.25) is 4.79 Å². The Kier molecular flexibility index (Phi) is 7.39. The lowest BCUT2D eigenvalue weighted by atomic mass is 9.89. The molecule has 0 aliphatic heterocycles. The molecule has 0 radical (unpaired) electrons. The summed E-state index contributed by atoms with van der Waals surface area (Å²) in [5, 5.41) is 11.9. The van der Waals surface area contributed by atoms with Crippen molar-refractivity contribution in [2.45, 2.75) is 53.5 Å². The molecule has 0 saturated carbocycles. The van der Waals surface area contributed by atoms with Crippen LogP contribution in [0.2, 0.25) is 0 Å². The van der Waals surface area contributed by atoms with Gasteiger partial charge in [0.15, 0.2) is 0 Å². The number of nitrogens with one attached hydrogen (secondary N) is 1. The van der Waals surface area contributed by atoms with E-state index in [-0.39, 0.29) is 24.5 Å². The smallest absolute Gasteiger partial charge is 0.220 e. The highest BCUT2D eigenvalue weighted by Crippen LogP contribution is 2.18. The molecule has 0 saturated heterocycles. The predicted molar refractivity (Wildman–Crippen MR) is 67.1 cm³/mol. The molecule has 1 amide bonds. The van der Waals surface area contributed by atoms with Crippen molar-refractivity contribution in [1.82, 2.24) is 5.32 Å². The number of hydrogen-bond donors (Lipinski definition) is 2. The van der Waals surface area contributed by atoms with Crippen LogP contribution in [0.15, 0.2) is 0 Å². The van der Waals surface area contributed by atoms with Crippen molar-refractivity contribution in [2.24, 2.45) is 17.8 Å². The molecule has 3 nitrogen and oxygen atoms in total. The van der Waals surface area contributed by atoms with Gasteiger partial charge in [-0.1, -0.05) is 34.1 Å². The first kappa shape index (κ1) is 15.4. The van der Waals surface area contributed by atoms with Crippen molar-refractivity contribution in [3.05, 3.63) is 0 Å². The second-order valence-corrected chi connectivity index (χ2v) is 5.13. The summed E-state index contributed by atoms with van der Waals surface area (Å²) in [4.78, 5) is 11.8. The molecule has 3 atom stereocenters. The molecule has 0 spiro atoms. The highest BCUT2D eigenvalue weighted by molar-refractivity contribution is 5.76. The first-order valence-corrected chi connectivity index (χ1v) is 6.32. The van der Waals surface area contributed by atoms with E-state index in [2.05, 4.69) is 26.1 Å². The van der Waals surface area contributed by atoms with Gasteiger partial charge < -0.3 is 10.4 Å². The summed E-state index contributed by atoms with van der Waals surface area (Å²) in [6.45, 7) is 10.4. The Labute approximate surface area is 99.6 Å². The molecule has 3 unspecified atom stereocenters. The van der Waals surface area contributed by atoms with E-state index in [1.807, 2.05) is 13.8 Å². The minimum absolute atomic E-state index is 0.0437. The number of aliphatic hydroxyl groups is 1. The van der Waals surface area contributed by atoms with Gasteiger partial charge in [0.1, 0.15) is 0 Å². The van der Waals surface area contributed by atoms with E-state index in [0.29, 0.717) is 18.3 Å². The molecule has 0 rings (SSSR count). The lowest BCUT2D eigenvalue weighted by Crippen LogP contribution is -2.39. The van der Waals surface area contributed by atoms with Crippen LogP contribution in [0, 0.1) is 17.8 Å². The highest BCUT2D eigenvalue weighted by atomic mass is 16.3. The molecular weight excluding hydrogens is 202 g/mol. The number of aliphatic hydroxyl groups excluding tert-OH is 1. The summed E-state index contributed by atoms with van der Waals surface area (Å²) >= 11 is 0. The lowest BCUT2D eigenvalue weighted by Gasteiger charge is -2.22. The zero-order chi connectivity index (χ0) is 12.7. The van der Waals surface area contributed by atoms with Crippen molar-refractivity contribution in [3.63, 3.8) is 0 Å². The van der Waals surface area contributed by atoms with Crippen LogP contribution in [0.5, 0.6) is 0 Å². The largest absolute Gasteiger partial charge is 0.396 e. The maximum Gasteiger partial charge on any atom is 0.220 e. The van der Waals surface area contributed by atoms with Crippen LogP contribution in [0.3, 0.4) is 0 Å². The maximum absolute atomic E-state index is 11.8. The molecule has 96 valence electrons. The van der Waals surface area contributed by atoms with E-state index in [4.69, 9.17) is 5.11 Å². The summed E-state index contributed by atoms with van der Waals surface area (Å²) in [6, 6.07) is 0.0437. The Morgan fingerprint density at radius 1 is 1.25 bits per heavy atom. The molecule has 0 bridgehead atoms. The first-order valence-electron chi connectivity index (χ1n) is 6.32. The molecule has 0 aromatic carbocycles. The topological polar surface area (TPSA) is 49.3 Å². The Hall–Kier alpha value is -0.570. The second kappa shape index (κ2) is 7.66. The second-order valence-electron chi connectivity index (χ2n) is 5.13. The van der Waals surface area contributed by atoms with E-state index < -0.39 is 0 Å². The van der Waals surface area contributed by atoms with Gasteiger partial charge >= 0.3 is 0 Å². The SMILES string of the molecule is CCC(CC(=O)NC(C)C(C)CO)C(C)C. The van der Waals surface area contributed by atoms with Gasteiger partial charge in [0.05, 0.1) is 0 Å². The van der Waals surface area contributed by atoms with Crippen LogP contribution in [-0.2, 0) is 4.79 Å². The average Bonchev–Trinajstić information content (AvgIpc) is 2.23. The minimum Gasteiger partial charge on any atom is -0.396 e. The molecule has 0 aliphatic rings. The van der Waals surface area contributed by atoms with Crippen molar-refractivity contribution in [1.29, 1.82) is 0 Å². The molecule has 0 fully saturated rings. The van der Waals surface area contributed by atoms with Crippen molar-refractivity contribution < 1.29 is 9.90 Å². The van der Waals surface area contributed by atoms with Crippen LogP contribution in [0.25, 0.3) is 0 Å². The number of amides is 1. The van der Waals surface area contributed by atoms with Crippen molar-refractivity contribution in [3.8, 4) is 0 Å². The third-order valence-corrected chi connectivity index (χ3v) is 3.44. The van der Waals surface area contributed by atoms with E-state index >= 15 is 0 Å². The fourth-order valence-electron chi connectivity index (χ4n) is 1.70. The maximum atomic E-state index is 11.8. The molecule has 3 heteroatoms. The average molecular weight is 229 g/mol. The summed E-state index contributed by atoms with van der Waals surface area (Å²) in [6.07, 6.45) is 1.63. The van der Waals surface area contributed by atoms with E-state index in [9.17, 15) is 4.79 Å². The number of carbonyl (C=O) groups is 1. The van der Waals surface area contributed by atoms with E-state index in [0.717, 1.165) is 6.42 Å². The van der Waals surface area contributed by atoms with Crippen LogP contribution in [0.4, 0.5) is 0 Å². The fraction of sp³-hybridized carbons (Fsp3) is 0.923. The Morgan fingerprint density at radius 2 is 1.81 bits per heavy atom. The van der Waals surface area contributed by atoms with Crippen LogP contribution in [0.1, 0.15) is 47.5 Å². The van der Waals surface area contributed by atoms with Gasteiger partial charge in [0.2, 0.25) is 5.91 Å². The van der Waals surface area contributed by atoms with Crippen LogP contribution in [-0.4, -0.2) is 23.7 Å². The number of carbonyl (C=O) groups excluding carboxylic acids is 1. The monoisotopic (exact) mass is 229 g/mol. The standard InChI is InChI=1S/C13H27NO2/c1-6-12(9(2)3)7-13(16)14-11(5)10(4)8-15/h9-12,15H,6-8H2,1-5H3,(H,14,16). The normalized spacial score (nSPS) is 16.9. The molecule has 0 aromatic rings. The van der Waals surface area contributed by atoms with Gasteiger partial charge in [-0.2, -0.15) is 0 Å². The molecule has 0 aliphatic carbocycles. The third-order valence-electron chi connectivity index (χ3n) is 3.44. The van der Waals surface area contributed by atoms with Gasteiger partial charge in [0.25, 0.3) is 0 Å². The Bertz CT molecular complexity index is 204. The van der Waals surface area contributed by atoms with Gasteiger partial charge in [-0.15, -0.1) is 0 Å².